The monoisotopic (exact) mass is 404 g/mol. The number of rotatable bonds is 6. The van der Waals surface area contributed by atoms with Crippen molar-refractivity contribution in [3.8, 4) is 28.7 Å². The van der Waals surface area contributed by atoms with Crippen molar-refractivity contribution in [3.05, 3.63) is 66.2 Å². The highest BCUT2D eigenvalue weighted by Gasteiger charge is 2.13. The summed E-state index contributed by atoms with van der Waals surface area (Å²) in [6, 6.07) is 17.7. The van der Waals surface area contributed by atoms with E-state index in [0.717, 1.165) is 5.56 Å². The molecule has 0 aliphatic heterocycles. The van der Waals surface area contributed by atoms with Gasteiger partial charge in [-0.15, -0.1) is 0 Å². The Morgan fingerprint density at radius 3 is 2.33 bits per heavy atom. The molecule has 0 aliphatic rings. The van der Waals surface area contributed by atoms with Crippen LogP contribution in [0.5, 0.6) is 17.2 Å². The van der Waals surface area contributed by atoms with Crippen molar-refractivity contribution < 1.29 is 23.4 Å². The lowest BCUT2D eigenvalue weighted by atomic mass is 10.2. The maximum absolute atomic E-state index is 12.5. The van der Waals surface area contributed by atoms with Gasteiger partial charge in [-0.1, -0.05) is 0 Å². The van der Waals surface area contributed by atoms with Crippen molar-refractivity contribution in [2.24, 2.45) is 0 Å². The average molecular weight is 404 g/mol. The zero-order valence-electron chi connectivity index (χ0n) is 16.8. The summed E-state index contributed by atoms with van der Waals surface area (Å²) in [5.41, 5.74) is 3.15. The van der Waals surface area contributed by atoms with Gasteiger partial charge < -0.3 is 23.9 Å². The van der Waals surface area contributed by atoms with Crippen LogP contribution in [0.15, 0.2) is 65.1 Å². The molecule has 0 aliphatic carbocycles. The van der Waals surface area contributed by atoms with Gasteiger partial charge in [-0.3, -0.25) is 4.79 Å². The van der Waals surface area contributed by atoms with E-state index in [0.29, 0.717) is 45.5 Å². The molecule has 4 rings (SSSR count). The Kier molecular flexibility index (Phi) is 5.26. The summed E-state index contributed by atoms with van der Waals surface area (Å²) in [4.78, 5) is 17.0. The zero-order chi connectivity index (χ0) is 21.1. The standard InChI is InChI=1S/C23H20N2O5/c1-27-17-8-4-14(5-9-17)22(26)24-16-7-11-19-18(13-16)25-23(30-19)15-6-10-20(28-2)21(12-15)29-3/h4-13H,1-3H3,(H,24,26). The number of carbonyl (C=O) groups excluding carboxylic acids is 1. The number of hydrogen-bond donors (Lipinski definition) is 1. The maximum atomic E-state index is 12.5. The molecule has 0 spiro atoms. The number of aromatic nitrogens is 1. The molecule has 0 unspecified atom stereocenters. The smallest absolute Gasteiger partial charge is 0.255 e. The SMILES string of the molecule is COc1ccc(C(=O)Nc2ccc3oc(-c4ccc(OC)c(OC)c4)nc3c2)cc1. The van der Waals surface area contributed by atoms with Crippen molar-refractivity contribution in [3.63, 3.8) is 0 Å². The summed E-state index contributed by atoms with van der Waals surface area (Å²) < 4.78 is 21.6. The Morgan fingerprint density at radius 2 is 1.63 bits per heavy atom. The lowest BCUT2D eigenvalue weighted by Gasteiger charge is -2.07. The van der Waals surface area contributed by atoms with E-state index in [1.165, 1.54) is 0 Å². The third-order valence-electron chi connectivity index (χ3n) is 4.63. The third kappa shape index (κ3) is 3.77. The van der Waals surface area contributed by atoms with Crippen LogP contribution in [-0.2, 0) is 0 Å². The van der Waals surface area contributed by atoms with Crippen LogP contribution >= 0.6 is 0 Å². The molecule has 7 nitrogen and oxygen atoms in total. The van der Waals surface area contributed by atoms with E-state index >= 15 is 0 Å². The van der Waals surface area contributed by atoms with Crippen LogP contribution < -0.4 is 19.5 Å². The van der Waals surface area contributed by atoms with Gasteiger partial charge in [-0.25, -0.2) is 4.98 Å². The fourth-order valence-corrected chi connectivity index (χ4v) is 3.04. The van der Waals surface area contributed by atoms with Gasteiger partial charge in [-0.2, -0.15) is 0 Å². The summed E-state index contributed by atoms with van der Waals surface area (Å²) >= 11 is 0. The highest BCUT2D eigenvalue weighted by Crippen LogP contribution is 2.33. The second kappa shape index (κ2) is 8.16. The molecule has 30 heavy (non-hydrogen) atoms. The molecule has 7 heteroatoms. The number of carbonyl (C=O) groups is 1. The average Bonchev–Trinajstić information content (AvgIpc) is 3.22. The fraction of sp³-hybridized carbons (Fsp3) is 0.130. The number of ether oxygens (including phenoxy) is 3. The number of hydrogen-bond acceptors (Lipinski definition) is 6. The van der Waals surface area contributed by atoms with Crippen molar-refractivity contribution >= 4 is 22.7 Å². The van der Waals surface area contributed by atoms with Crippen LogP contribution in [0.4, 0.5) is 5.69 Å². The summed E-state index contributed by atoms with van der Waals surface area (Å²) in [5.74, 6) is 2.13. The molecule has 1 aromatic heterocycles. The summed E-state index contributed by atoms with van der Waals surface area (Å²) in [5, 5.41) is 2.87. The lowest BCUT2D eigenvalue weighted by Crippen LogP contribution is -2.11. The number of oxazole rings is 1. The molecule has 4 aromatic rings. The Hall–Kier alpha value is -4.00. The number of amides is 1. The van der Waals surface area contributed by atoms with E-state index in [4.69, 9.17) is 18.6 Å². The van der Waals surface area contributed by atoms with Crippen LogP contribution in [0, 0.1) is 0 Å². The predicted molar refractivity (Wildman–Crippen MR) is 113 cm³/mol. The van der Waals surface area contributed by atoms with Crippen LogP contribution in [-0.4, -0.2) is 32.2 Å². The van der Waals surface area contributed by atoms with Crippen LogP contribution in [0.2, 0.25) is 0 Å². The van der Waals surface area contributed by atoms with E-state index in [1.807, 2.05) is 6.07 Å². The highest BCUT2D eigenvalue weighted by molar-refractivity contribution is 6.05. The van der Waals surface area contributed by atoms with E-state index < -0.39 is 0 Å². The molecule has 1 amide bonds. The Labute approximate surface area is 173 Å². The summed E-state index contributed by atoms with van der Waals surface area (Å²) in [7, 11) is 4.74. The minimum atomic E-state index is -0.222. The van der Waals surface area contributed by atoms with Gasteiger partial charge >= 0.3 is 0 Å². The number of anilines is 1. The zero-order valence-corrected chi connectivity index (χ0v) is 16.8. The first kappa shape index (κ1) is 19.3. The summed E-state index contributed by atoms with van der Waals surface area (Å²) in [6.45, 7) is 0. The minimum absolute atomic E-state index is 0.222. The Bertz CT molecular complexity index is 1200. The molecule has 1 heterocycles. The van der Waals surface area contributed by atoms with E-state index in [9.17, 15) is 4.79 Å². The number of fused-ring (bicyclic) bond motifs is 1. The van der Waals surface area contributed by atoms with Crippen molar-refractivity contribution in [2.75, 3.05) is 26.6 Å². The van der Waals surface area contributed by atoms with Gasteiger partial charge in [0, 0.05) is 16.8 Å². The minimum Gasteiger partial charge on any atom is -0.497 e. The molecular formula is C23H20N2O5. The van der Waals surface area contributed by atoms with Crippen molar-refractivity contribution in [1.82, 2.24) is 4.98 Å². The van der Waals surface area contributed by atoms with Gasteiger partial charge in [0.1, 0.15) is 11.3 Å². The largest absolute Gasteiger partial charge is 0.497 e. The molecular weight excluding hydrogens is 384 g/mol. The Balaban J connectivity index is 1.58. The normalized spacial score (nSPS) is 10.6. The number of nitrogens with zero attached hydrogens (tertiary/aromatic N) is 1. The van der Waals surface area contributed by atoms with E-state index in [-0.39, 0.29) is 5.91 Å². The van der Waals surface area contributed by atoms with Gasteiger partial charge in [0.25, 0.3) is 5.91 Å². The van der Waals surface area contributed by atoms with Crippen molar-refractivity contribution in [2.45, 2.75) is 0 Å². The molecule has 0 bridgehead atoms. The molecule has 152 valence electrons. The van der Waals surface area contributed by atoms with Gasteiger partial charge in [0.05, 0.1) is 21.3 Å². The Morgan fingerprint density at radius 1 is 0.867 bits per heavy atom. The van der Waals surface area contributed by atoms with Crippen LogP contribution in [0.1, 0.15) is 10.4 Å². The molecule has 0 radical (unpaired) electrons. The molecule has 3 aromatic carbocycles. The molecule has 1 N–H and O–H groups in total. The number of benzene rings is 3. The topological polar surface area (TPSA) is 82.8 Å². The highest BCUT2D eigenvalue weighted by atomic mass is 16.5. The number of nitrogens with one attached hydrogen (secondary N) is 1. The lowest BCUT2D eigenvalue weighted by molar-refractivity contribution is 0.102. The molecule has 0 fully saturated rings. The first-order chi connectivity index (χ1) is 14.6. The first-order valence-corrected chi connectivity index (χ1v) is 9.19. The fourth-order valence-electron chi connectivity index (χ4n) is 3.04. The predicted octanol–water partition coefficient (Wildman–Crippen LogP) is 4.77. The third-order valence-corrected chi connectivity index (χ3v) is 4.63. The molecule has 0 atom stereocenters. The molecule has 0 saturated carbocycles. The van der Waals surface area contributed by atoms with E-state index in [1.54, 1.807) is 75.9 Å². The van der Waals surface area contributed by atoms with Crippen molar-refractivity contribution in [1.29, 1.82) is 0 Å². The van der Waals surface area contributed by atoms with E-state index in [2.05, 4.69) is 10.3 Å². The van der Waals surface area contributed by atoms with Crippen LogP contribution in [0.3, 0.4) is 0 Å². The maximum Gasteiger partial charge on any atom is 0.255 e. The van der Waals surface area contributed by atoms with Gasteiger partial charge in [0.2, 0.25) is 5.89 Å². The van der Waals surface area contributed by atoms with Gasteiger partial charge in [-0.05, 0) is 60.7 Å². The van der Waals surface area contributed by atoms with Gasteiger partial charge in [0.15, 0.2) is 17.1 Å². The van der Waals surface area contributed by atoms with Crippen LogP contribution in [0.25, 0.3) is 22.6 Å². The molecule has 0 saturated heterocycles. The first-order valence-electron chi connectivity index (χ1n) is 9.19. The number of methoxy groups -OCH3 is 3. The quantitative estimate of drug-likeness (QED) is 0.498. The summed E-state index contributed by atoms with van der Waals surface area (Å²) in [6.07, 6.45) is 0. The second-order valence-electron chi connectivity index (χ2n) is 6.45. The second-order valence-corrected chi connectivity index (χ2v) is 6.45.